The fourth-order valence-electron chi connectivity index (χ4n) is 4.49. The summed E-state index contributed by atoms with van der Waals surface area (Å²) in [6.45, 7) is 8.56. The molecule has 2 aliphatic heterocycles. The minimum atomic E-state index is 0.0157. The number of ether oxygens (including phenoxy) is 1. The van der Waals surface area contributed by atoms with Gasteiger partial charge in [0, 0.05) is 26.2 Å². The van der Waals surface area contributed by atoms with Crippen molar-refractivity contribution in [2.45, 2.75) is 90.0 Å². The maximum Gasteiger partial charge on any atom is 0.237 e. The highest BCUT2D eigenvalue weighted by Crippen LogP contribution is 2.23. The van der Waals surface area contributed by atoms with Crippen LogP contribution < -0.4 is 10.6 Å². The number of nitrogens with one attached hydrogen (secondary N) is 2. The van der Waals surface area contributed by atoms with Crippen molar-refractivity contribution in [3.63, 3.8) is 0 Å². The van der Waals surface area contributed by atoms with Gasteiger partial charge in [0.1, 0.15) is 0 Å². The summed E-state index contributed by atoms with van der Waals surface area (Å²) in [7, 11) is 0. The molecule has 28 heavy (non-hydrogen) atoms. The van der Waals surface area contributed by atoms with E-state index in [1.165, 1.54) is 70.6 Å². The van der Waals surface area contributed by atoms with E-state index in [9.17, 15) is 4.79 Å². The van der Waals surface area contributed by atoms with Crippen LogP contribution in [0.5, 0.6) is 0 Å². The average Bonchev–Trinajstić information content (AvgIpc) is 2.73. The van der Waals surface area contributed by atoms with Gasteiger partial charge in [0.05, 0.1) is 19.3 Å². The number of unbranched alkanes of at least 4 members (excludes halogenated alkanes) is 8. The monoisotopic (exact) mass is 395 g/mol. The number of nitrogens with zero attached hydrogens (tertiary/aromatic N) is 1. The van der Waals surface area contributed by atoms with Gasteiger partial charge in [-0.05, 0) is 25.3 Å². The predicted molar refractivity (Wildman–Crippen MR) is 117 cm³/mol. The molecule has 5 heteroatoms. The van der Waals surface area contributed by atoms with Crippen LogP contribution in [0.1, 0.15) is 84.0 Å². The third-order valence-electron chi connectivity index (χ3n) is 6.38. The van der Waals surface area contributed by atoms with Crippen LogP contribution in [0.3, 0.4) is 0 Å². The van der Waals surface area contributed by atoms with E-state index >= 15 is 0 Å². The largest absolute Gasteiger partial charge is 0.379 e. The predicted octanol–water partition coefficient (Wildman–Crippen LogP) is 3.72. The van der Waals surface area contributed by atoms with Gasteiger partial charge < -0.3 is 15.4 Å². The molecular formula is C23H45N3O2. The lowest BCUT2D eigenvalue weighted by Crippen LogP contribution is -2.50. The summed E-state index contributed by atoms with van der Waals surface area (Å²) in [5, 5.41) is 6.57. The normalized spacial score (nSPS) is 23.6. The molecule has 1 amide bonds. The molecule has 164 valence electrons. The summed E-state index contributed by atoms with van der Waals surface area (Å²) in [5.74, 6) is 0.922. The third-order valence-corrected chi connectivity index (χ3v) is 6.38. The molecule has 0 aromatic heterocycles. The molecule has 2 atom stereocenters. The number of hydrogen-bond donors (Lipinski definition) is 2. The maximum atomic E-state index is 12.5. The van der Waals surface area contributed by atoms with Crippen molar-refractivity contribution in [2.75, 3.05) is 45.9 Å². The van der Waals surface area contributed by atoms with E-state index < -0.39 is 0 Å². The first kappa shape index (κ1) is 23.6. The van der Waals surface area contributed by atoms with Gasteiger partial charge in [0.15, 0.2) is 0 Å². The average molecular weight is 396 g/mol. The Morgan fingerprint density at radius 1 is 1.04 bits per heavy atom. The number of piperidine rings is 1. The molecule has 0 radical (unpaired) electrons. The highest BCUT2D eigenvalue weighted by molar-refractivity contribution is 5.81. The lowest BCUT2D eigenvalue weighted by molar-refractivity contribution is -0.124. The van der Waals surface area contributed by atoms with Gasteiger partial charge in [-0.25, -0.2) is 0 Å². The van der Waals surface area contributed by atoms with Crippen LogP contribution in [0.2, 0.25) is 0 Å². The number of carbonyl (C=O) groups excluding carboxylic acids is 1. The molecule has 2 saturated heterocycles. The Morgan fingerprint density at radius 3 is 2.43 bits per heavy atom. The van der Waals surface area contributed by atoms with Crippen LogP contribution in [0, 0.1) is 5.92 Å². The maximum absolute atomic E-state index is 12.5. The molecule has 0 spiro atoms. The molecule has 0 aliphatic carbocycles. The molecule has 0 aromatic rings. The van der Waals surface area contributed by atoms with Crippen LogP contribution >= 0.6 is 0 Å². The zero-order chi connectivity index (χ0) is 19.9. The molecule has 0 bridgehead atoms. The summed E-state index contributed by atoms with van der Waals surface area (Å²) in [4.78, 5) is 14.9. The van der Waals surface area contributed by atoms with Crippen LogP contribution in [0.15, 0.2) is 0 Å². The zero-order valence-electron chi connectivity index (χ0n) is 18.4. The molecule has 2 aliphatic rings. The molecule has 2 heterocycles. The van der Waals surface area contributed by atoms with E-state index in [4.69, 9.17) is 4.74 Å². The van der Waals surface area contributed by atoms with Gasteiger partial charge in [-0.1, -0.05) is 71.1 Å². The SMILES string of the molecule is CCCCCCCCCCC[C@@H]1CCN[C@H](C(=O)NCCN2CCOCC2)C1. The Bertz CT molecular complexity index is 399. The summed E-state index contributed by atoms with van der Waals surface area (Å²) < 4.78 is 5.37. The molecule has 0 aromatic carbocycles. The van der Waals surface area contributed by atoms with Crippen molar-refractivity contribution in [3.05, 3.63) is 0 Å². The van der Waals surface area contributed by atoms with E-state index in [0.717, 1.165) is 58.3 Å². The van der Waals surface area contributed by atoms with Gasteiger partial charge in [0.2, 0.25) is 5.91 Å². The first-order valence-corrected chi connectivity index (χ1v) is 12.1. The minimum absolute atomic E-state index is 0.0157. The number of hydrogen-bond acceptors (Lipinski definition) is 4. The number of carbonyl (C=O) groups is 1. The summed E-state index contributed by atoms with van der Waals surface area (Å²) >= 11 is 0. The number of morpholine rings is 1. The molecule has 0 unspecified atom stereocenters. The topological polar surface area (TPSA) is 53.6 Å². The Hall–Kier alpha value is -0.650. The summed E-state index contributed by atoms with van der Waals surface area (Å²) in [6.07, 6.45) is 16.0. The Balaban J connectivity index is 1.48. The second-order valence-electron chi connectivity index (χ2n) is 8.76. The van der Waals surface area contributed by atoms with Crippen molar-refractivity contribution >= 4 is 5.91 Å². The number of amides is 1. The Morgan fingerprint density at radius 2 is 1.71 bits per heavy atom. The van der Waals surface area contributed by atoms with Crippen molar-refractivity contribution < 1.29 is 9.53 Å². The second kappa shape index (κ2) is 15.2. The lowest BCUT2D eigenvalue weighted by Gasteiger charge is -2.30. The van der Waals surface area contributed by atoms with Crippen LogP contribution in [-0.4, -0.2) is 62.8 Å². The smallest absolute Gasteiger partial charge is 0.237 e. The van der Waals surface area contributed by atoms with Gasteiger partial charge in [0.25, 0.3) is 0 Å². The van der Waals surface area contributed by atoms with Crippen molar-refractivity contribution in [1.29, 1.82) is 0 Å². The first-order chi connectivity index (χ1) is 13.8. The standard InChI is InChI=1S/C23H45N3O2/c1-2-3-4-5-6-7-8-9-10-11-21-12-13-24-22(20-21)23(27)25-14-15-26-16-18-28-19-17-26/h21-22,24H,2-20H2,1H3,(H,25,27)/t21-,22+/m1/s1. The van der Waals surface area contributed by atoms with Gasteiger partial charge >= 0.3 is 0 Å². The van der Waals surface area contributed by atoms with Crippen molar-refractivity contribution in [3.8, 4) is 0 Å². The van der Waals surface area contributed by atoms with E-state index in [2.05, 4.69) is 22.5 Å². The van der Waals surface area contributed by atoms with Gasteiger partial charge in [-0.2, -0.15) is 0 Å². The van der Waals surface area contributed by atoms with E-state index in [1.807, 2.05) is 0 Å². The molecular weight excluding hydrogens is 350 g/mol. The summed E-state index contributed by atoms with van der Waals surface area (Å²) in [6, 6.07) is 0.0157. The quantitative estimate of drug-likeness (QED) is 0.440. The molecule has 2 N–H and O–H groups in total. The molecule has 0 saturated carbocycles. The fraction of sp³-hybridized carbons (Fsp3) is 0.957. The third kappa shape index (κ3) is 10.2. The minimum Gasteiger partial charge on any atom is -0.379 e. The highest BCUT2D eigenvalue weighted by Gasteiger charge is 2.26. The first-order valence-electron chi connectivity index (χ1n) is 12.1. The Kier molecular flexibility index (Phi) is 12.8. The number of rotatable bonds is 14. The van der Waals surface area contributed by atoms with Crippen LogP contribution in [0.25, 0.3) is 0 Å². The van der Waals surface area contributed by atoms with E-state index in [1.54, 1.807) is 0 Å². The zero-order valence-corrected chi connectivity index (χ0v) is 18.4. The molecule has 2 rings (SSSR count). The highest BCUT2D eigenvalue weighted by atomic mass is 16.5. The second-order valence-corrected chi connectivity index (χ2v) is 8.76. The lowest BCUT2D eigenvalue weighted by atomic mass is 9.87. The fourth-order valence-corrected chi connectivity index (χ4v) is 4.49. The van der Waals surface area contributed by atoms with Crippen LogP contribution in [0.4, 0.5) is 0 Å². The van der Waals surface area contributed by atoms with E-state index in [-0.39, 0.29) is 11.9 Å². The summed E-state index contributed by atoms with van der Waals surface area (Å²) in [5.41, 5.74) is 0. The molecule has 2 fully saturated rings. The van der Waals surface area contributed by atoms with Gasteiger partial charge in [-0.3, -0.25) is 9.69 Å². The van der Waals surface area contributed by atoms with Crippen LogP contribution in [-0.2, 0) is 9.53 Å². The van der Waals surface area contributed by atoms with Crippen molar-refractivity contribution in [2.24, 2.45) is 5.92 Å². The molecule has 5 nitrogen and oxygen atoms in total. The Labute approximate surface area is 173 Å². The van der Waals surface area contributed by atoms with E-state index in [0.29, 0.717) is 0 Å². The van der Waals surface area contributed by atoms with Gasteiger partial charge in [-0.15, -0.1) is 0 Å². The van der Waals surface area contributed by atoms with Crippen molar-refractivity contribution in [1.82, 2.24) is 15.5 Å².